The Kier molecular flexibility index (Phi) is 4.90. The number of thiophene rings is 1. The van der Waals surface area contributed by atoms with Gasteiger partial charge < -0.3 is 10.6 Å². The first-order valence-electron chi connectivity index (χ1n) is 5.23. The number of benzene rings is 1. The molecular weight excluding hydrogens is 415 g/mol. The van der Waals surface area contributed by atoms with Gasteiger partial charge in [0.25, 0.3) is 0 Å². The van der Waals surface area contributed by atoms with Crippen LogP contribution in [0.15, 0.2) is 43.7 Å². The molecule has 2 aromatic rings. The van der Waals surface area contributed by atoms with Crippen LogP contribution in [-0.4, -0.2) is 11.8 Å². The van der Waals surface area contributed by atoms with Crippen LogP contribution < -0.4 is 5.73 Å². The SMILES string of the molecule is N/C(=N\OC(=O)c1cc(Br)c(Br)s1)c1ccc(F)cc1. The van der Waals surface area contributed by atoms with Crippen LogP contribution in [0.2, 0.25) is 0 Å². The van der Waals surface area contributed by atoms with Crippen LogP contribution in [0, 0.1) is 5.82 Å². The van der Waals surface area contributed by atoms with E-state index in [0.717, 1.165) is 8.26 Å². The molecule has 0 aliphatic rings. The number of carbonyl (C=O) groups is 1. The molecule has 1 aromatic heterocycles. The van der Waals surface area contributed by atoms with E-state index in [1.54, 1.807) is 6.07 Å². The first kappa shape index (κ1) is 15.1. The molecule has 0 fully saturated rings. The Hall–Kier alpha value is -1.25. The zero-order chi connectivity index (χ0) is 14.7. The summed E-state index contributed by atoms with van der Waals surface area (Å²) in [6, 6.07) is 6.99. The second-order valence-corrected chi connectivity index (χ2v) is 6.82. The van der Waals surface area contributed by atoms with Crippen molar-refractivity contribution in [3.8, 4) is 0 Å². The maximum absolute atomic E-state index is 12.8. The molecule has 2 rings (SSSR count). The predicted octanol–water partition coefficient (Wildman–Crippen LogP) is 3.89. The van der Waals surface area contributed by atoms with E-state index >= 15 is 0 Å². The summed E-state index contributed by atoms with van der Waals surface area (Å²) in [5, 5.41) is 3.54. The molecule has 2 N–H and O–H groups in total. The summed E-state index contributed by atoms with van der Waals surface area (Å²) in [5.74, 6) is -1.01. The Labute approximate surface area is 134 Å². The molecule has 0 aliphatic carbocycles. The summed E-state index contributed by atoms with van der Waals surface area (Å²) in [5.41, 5.74) is 6.11. The van der Waals surface area contributed by atoms with Gasteiger partial charge in [0.2, 0.25) is 0 Å². The molecule has 0 unspecified atom stereocenters. The van der Waals surface area contributed by atoms with Crippen molar-refractivity contribution in [1.29, 1.82) is 0 Å². The number of oxime groups is 1. The molecule has 8 heteroatoms. The van der Waals surface area contributed by atoms with Gasteiger partial charge in [-0.1, -0.05) is 5.16 Å². The molecule has 0 saturated heterocycles. The highest BCUT2D eigenvalue weighted by molar-refractivity contribution is 9.13. The fraction of sp³-hybridized carbons (Fsp3) is 0. The van der Waals surface area contributed by atoms with Gasteiger partial charge in [0, 0.05) is 10.0 Å². The number of amidine groups is 1. The van der Waals surface area contributed by atoms with Crippen LogP contribution in [-0.2, 0) is 4.84 Å². The number of halogens is 3. The maximum atomic E-state index is 12.8. The molecule has 1 aromatic carbocycles. The third-order valence-corrected chi connectivity index (χ3v) is 5.45. The Bertz CT molecular complexity index is 651. The van der Waals surface area contributed by atoms with Gasteiger partial charge in [-0.15, -0.1) is 11.3 Å². The minimum absolute atomic E-state index is 0.00645. The number of hydrogen-bond donors (Lipinski definition) is 1. The summed E-state index contributed by atoms with van der Waals surface area (Å²) in [6.07, 6.45) is 0. The first-order chi connectivity index (χ1) is 9.47. The predicted molar refractivity (Wildman–Crippen MR) is 82.3 cm³/mol. The Balaban J connectivity index is 2.08. The molecule has 104 valence electrons. The molecule has 0 saturated carbocycles. The lowest BCUT2D eigenvalue weighted by atomic mass is 10.2. The van der Waals surface area contributed by atoms with Crippen molar-refractivity contribution in [3.05, 3.63) is 54.8 Å². The van der Waals surface area contributed by atoms with Crippen molar-refractivity contribution in [2.24, 2.45) is 10.9 Å². The van der Waals surface area contributed by atoms with Crippen molar-refractivity contribution in [2.45, 2.75) is 0 Å². The van der Waals surface area contributed by atoms with Crippen LogP contribution in [0.3, 0.4) is 0 Å². The second-order valence-electron chi connectivity index (χ2n) is 3.59. The molecule has 0 aliphatic heterocycles. The molecule has 1 heterocycles. The van der Waals surface area contributed by atoms with Crippen LogP contribution >= 0.6 is 43.2 Å². The van der Waals surface area contributed by atoms with Gasteiger partial charge in [0.1, 0.15) is 10.7 Å². The number of hydrogen-bond acceptors (Lipinski definition) is 4. The lowest BCUT2D eigenvalue weighted by Crippen LogP contribution is -2.15. The van der Waals surface area contributed by atoms with Crippen molar-refractivity contribution >= 4 is 55.0 Å². The summed E-state index contributed by atoms with van der Waals surface area (Å²) in [4.78, 5) is 16.8. The number of rotatable bonds is 3. The standard InChI is InChI=1S/C12H7Br2FN2O2S/c13-8-5-9(20-10(8)14)12(18)19-17-11(16)6-1-3-7(15)4-2-6/h1-5H,(H2,16,17). The molecule has 0 radical (unpaired) electrons. The van der Waals surface area contributed by atoms with E-state index < -0.39 is 5.97 Å². The highest BCUT2D eigenvalue weighted by Crippen LogP contribution is 2.32. The monoisotopic (exact) mass is 420 g/mol. The topological polar surface area (TPSA) is 64.7 Å². The maximum Gasteiger partial charge on any atom is 0.375 e. The van der Waals surface area contributed by atoms with Gasteiger partial charge in [-0.05, 0) is 62.2 Å². The van der Waals surface area contributed by atoms with Gasteiger partial charge >= 0.3 is 5.97 Å². The molecule has 4 nitrogen and oxygen atoms in total. The van der Waals surface area contributed by atoms with E-state index in [1.807, 2.05) is 0 Å². The van der Waals surface area contributed by atoms with E-state index in [1.165, 1.54) is 35.6 Å². The van der Waals surface area contributed by atoms with Crippen LogP contribution in [0.1, 0.15) is 15.2 Å². The summed E-state index contributed by atoms with van der Waals surface area (Å²) >= 11 is 7.75. The van der Waals surface area contributed by atoms with E-state index in [0.29, 0.717) is 10.4 Å². The Morgan fingerprint density at radius 1 is 1.30 bits per heavy atom. The number of carbonyl (C=O) groups excluding carboxylic acids is 1. The highest BCUT2D eigenvalue weighted by atomic mass is 79.9. The van der Waals surface area contributed by atoms with Crippen LogP contribution in [0.4, 0.5) is 4.39 Å². The Morgan fingerprint density at radius 3 is 2.50 bits per heavy atom. The normalized spacial score (nSPS) is 11.4. The molecule has 20 heavy (non-hydrogen) atoms. The lowest BCUT2D eigenvalue weighted by Gasteiger charge is -2.00. The third kappa shape index (κ3) is 3.65. The van der Waals surface area contributed by atoms with Crippen molar-refractivity contribution < 1.29 is 14.0 Å². The van der Waals surface area contributed by atoms with Gasteiger partial charge in [-0.2, -0.15) is 0 Å². The van der Waals surface area contributed by atoms with Crippen LogP contribution in [0.5, 0.6) is 0 Å². The fourth-order valence-corrected chi connectivity index (χ4v) is 3.16. The van der Waals surface area contributed by atoms with Crippen molar-refractivity contribution in [1.82, 2.24) is 0 Å². The largest absolute Gasteiger partial charge is 0.380 e. The summed E-state index contributed by atoms with van der Waals surface area (Å²) in [6.45, 7) is 0. The van der Waals surface area contributed by atoms with Crippen molar-refractivity contribution in [3.63, 3.8) is 0 Å². The fourth-order valence-electron chi connectivity index (χ4n) is 1.26. The first-order valence-corrected chi connectivity index (χ1v) is 7.63. The number of nitrogens with zero attached hydrogens (tertiary/aromatic N) is 1. The quantitative estimate of drug-likeness (QED) is 0.354. The summed E-state index contributed by atoms with van der Waals surface area (Å²) < 4.78 is 14.3. The highest BCUT2D eigenvalue weighted by Gasteiger charge is 2.14. The number of nitrogens with two attached hydrogens (primary N) is 1. The Morgan fingerprint density at radius 2 is 1.95 bits per heavy atom. The van der Waals surface area contributed by atoms with E-state index in [9.17, 15) is 9.18 Å². The molecule has 0 amide bonds. The molecular formula is C12H7Br2FN2O2S. The molecule has 0 bridgehead atoms. The van der Waals surface area contributed by atoms with E-state index in [4.69, 9.17) is 10.6 Å². The average molecular weight is 422 g/mol. The van der Waals surface area contributed by atoms with Gasteiger partial charge in [-0.25, -0.2) is 9.18 Å². The van der Waals surface area contributed by atoms with Gasteiger partial charge in [0.05, 0.1) is 3.79 Å². The summed E-state index contributed by atoms with van der Waals surface area (Å²) in [7, 11) is 0. The molecule has 0 spiro atoms. The minimum Gasteiger partial charge on any atom is -0.380 e. The van der Waals surface area contributed by atoms with Crippen LogP contribution in [0.25, 0.3) is 0 Å². The van der Waals surface area contributed by atoms with Gasteiger partial charge in [0.15, 0.2) is 5.84 Å². The van der Waals surface area contributed by atoms with Crippen molar-refractivity contribution in [2.75, 3.05) is 0 Å². The smallest absolute Gasteiger partial charge is 0.375 e. The minimum atomic E-state index is -0.619. The zero-order valence-corrected chi connectivity index (χ0v) is 13.8. The van der Waals surface area contributed by atoms with E-state index in [-0.39, 0.29) is 11.7 Å². The molecule has 0 atom stereocenters. The lowest BCUT2D eigenvalue weighted by molar-refractivity contribution is 0.0522. The second kappa shape index (κ2) is 6.47. The van der Waals surface area contributed by atoms with E-state index in [2.05, 4.69) is 37.0 Å². The zero-order valence-electron chi connectivity index (χ0n) is 9.77. The third-order valence-electron chi connectivity index (χ3n) is 2.21. The van der Waals surface area contributed by atoms with Gasteiger partial charge in [-0.3, -0.25) is 0 Å². The average Bonchev–Trinajstić information content (AvgIpc) is 2.76.